The molecular weight excluding hydrogens is 170 g/mol. The molecule has 0 bridgehead atoms. The summed E-state index contributed by atoms with van der Waals surface area (Å²) >= 11 is 1.65. The fourth-order valence-electron chi connectivity index (χ4n) is 0.781. The third kappa shape index (κ3) is 3.55. The van der Waals surface area contributed by atoms with E-state index in [0.29, 0.717) is 0 Å². The Hall–Kier alpha value is -0.800. The molecule has 0 heterocycles. The molecule has 1 aromatic carbocycles. The van der Waals surface area contributed by atoms with Gasteiger partial charge in [0.15, 0.2) is 0 Å². The van der Waals surface area contributed by atoms with Gasteiger partial charge in [0.1, 0.15) is 6.79 Å². The Bertz CT molecular complexity index is 228. The molecule has 0 aromatic heterocycles. The molecule has 0 saturated heterocycles. The standard InChI is InChI=1S/C8H11NS.CH2O/c1-7-5-3-4-6-8(7)10-9-2;1-2/h3-6,9H,1-2H3;1H2. The molecule has 0 amide bonds. The van der Waals surface area contributed by atoms with Crippen molar-refractivity contribution in [2.75, 3.05) is 7.05 Å². The van der Waals surface area contributed by atoms with Crippen LogP contribution in [0.2, 0.25) is 0 Å². The van der Waals surface area contributed by atoms with Crippen LogP contribution in [0.15, 0.2) is 29.2 Å². The average Bonchev–Trinajstić information content (AvgIpc) is 2.13. The Morgan fingerprint density at radius 2 is 1.92 bits per heavy atom. The van der Waals surface area contributed by atoms with Crippen molar-refractivity contribution in [1.82, 2.24) is 4.72 Å². The van der Waals surface area contributed by atoms with Gasteiger partial charge < -0.3 is 4.79 Å². The Morgan fingerprint density at radius 1 is 1.33 bits per heavy atom. The van der Waals surface area contributed by atoms with Crippen LogP contribution in [-0.2, 0) is 4.79 Å². The summed E-state index contributed by atoms with van der Waals surface area (Å²) < 4.78 is 3.04. The smallest absolute Gasteiger partial charge is 0.106 e. The second-order valence-corrected chi connectivity index (χ2v) is 3.12. The number of carbonyl (C=O) groups is 1. The lowest BCUT2D eigenvalue weighted by Crippen LogP contribution is -1.91. The molecule has 0 aliphatic rings. The van der Waals surface area contributed by atoms with Gasteiger partial charge in [0, 0.05) is 4.90 Å². The summed E-state index contributed by atoms with van der Waals surface area (Å²) in [6.45, 7) is 4.11. The van der Waals surface area contributed by atoms with Gasteiger partial charge in [-0.15, -0.1) is 0 Å². The van der Waals surface area contributed by atoms with Gasteiger partial charge in [-0.3, -0.25) is 4.72 Å². The maximum absolute atomic E-state index is 8.00. The summed E-state index contributed by atoms with van der Waals surface area (Å²) in [6.07, 6.45) is 0. The monoisotopic (exact) mass is 183 g/mol. The highest BCUT2D eigenvalue weighted by atomic mass is 32.2. The Balaban J connectivity index is 0.000000561. The Morgan fingerprint density at radius 3 is 2.42 bits per heavy atom. The van der Waals surface area contributed by atoms with Crippen molar-refractivity contribution >= 4 is 18.7 Å². The molecule has 1 aromatic rings. The molecule has 66 valence electrons. The molecule has 3 heteroatoms. The van der Waals surface area contributed by atoms with Crippen LogP contribution >= 0.6 is 11.9 Å². The SMILES string of the molecule is C=O.CNSc1ccccc1C. The van der Waals surface area contributed by atoms with Crippen molar-refractivity contribution in [2.45, 2.75) is 11.8 Å². The van der Waals surface area contributed by atoms with Gasteiger partial charge in [-0.25, -0.2) is 0 Å². The van der Waals surface area contributed by atoms with Gasteiger partial charge in [-0.2, -0.15) is 0 Å². The lowest BCUT2D eigenvalue weighted by atomic mass is 10.2. The molecule has 0 unspecified atom stereocenters. The van der Waals surface area contributed by atoms with Crippen LogP contribution in [-0.4, -0.2) is 13.8 Å². The van der Waals surface area contributed by atoms with E-state index in [0.717, 1.165) is 0 Å². The number of hydrogen-bond donors (Lipinski definition) is 1. The second-order valence-electron chi connectivity index (χ2n) is 2.07. The zero-order valence-electron chi connectivity index (χ0n) is 7.33. The topological polar surface area (TPSA) is 29.1 Å². The van der Waals surface area contributed by atoms with Crippen LogP contribution in [0, 0.1) is 6.92 Å². The maximum Gasteiger partial charge on any atom is 0.106 e. The molecular formula is C9H13NOS. The first-order valence-electron chi connectivity index (χ1n) is 3.52. The number of hydrogen-bond acceptors (Lipinski definition) is 3. The van der Waals surface area contributed by atoms with Gasteiger partial charge in [0.25, 0.3) is 0 Å². The minimum Gasteiger partial charge on any atom is -0.307 e. The van der Waals surface area contributed by atoms with E-state index in [1.165, 1.54) is 10.5 Å². The molecule has 0 spiro atoms. The molecule has 0 saturated carbocycles. The lowest BCUT2D eigenvalue weighted by Gasteiger charge is -2.01. The van der Waals surface area contributed by atoms with E-state index < -0.39 is 0 Å². The summed E-state index contributed by atoms with van der Waals surface area (Å²) in [5, 5.41) is 0. The normalized spacial score (nSPS) is 8.50. The lowest BCUT2D eigenvalue weighted by molar-refractivity contribution is -0.0979. The molecule has 0 aliphatic carbocycles. The number of benzene rings is 1. The van der Waals surface area contributed by atoms with E-state index in [-0.39, 0.29) is 0 Å². The highest BCUT2D eigenvalue weighted by Crippen LogP contribution is 2.17. The van der Waals surface area contributed by atoms with Crippen molar-refractivity contribution in [1.29, 1.82) is 0 Å². The first-order valence-corrected chi connectivity index (χ1v) is 4.34. The summed E-state index contributed by atoms with van der Waals surface area (Å²) in [4.78, 5) is 9.30. The van der Waals surface area contributed by atoms with Gasteiger partial charge in [-0.1, -0.05) is 18.2 Å². The van der Waals surface area contributed by atoms with Crippen LogP contribution in [0.1, 0.15) is 5.56 Å². The third-order valence-corrected chi connectivity index (χ3v) is 2.19. The fourth-order valence-corrected chi connectivity index (χ4v) is 1.38. The van der Waals surface area contributed by atoms with Gasteiger partial charge in [-0.05, 0) is 37.5 Å². The van der Waals surface area contributed by atoms with E-state index >= 15 is 0 Å². The minimum atomic E-state index is 1.30. The zero-order chi connectivity index (χ0) is 9.40. The molecule has 2 nitrogen and oxygen atoms in total. The molecule has 0 fully saturated rings. The first-order chi connectivity index (χ1) is 5.84. The number of aryl methyl sites for hydroxylation is 1. The van der Waals surface area contributed by atoms with Gasteiger partial charge in [0.2, 0.25) is 0 Å². The van der Waals surface area contributed by atoms with E-state index in [1.807, 2.05) is 19.9 Å². The van der Waals surface area contributed by atoms with E-state index in [9.17, 15) is 0 Å². The number of rotatable bonds is 2. The van der Waals surface area contributed by atoms with Crippen molar-refractivity contribution in [3.63, 3.8) is 0 Å². The van der Waals surface area contributed by atoms with E-state index in [2.05, 4.69) is 29.8 Å². The summed E-state index contributed by atoms with van der Waals surface area (Å²) in [5.74, 6) is 0. The fraction of sp³-hybridized carbons (Fsp3) is 0.222. The largest absolute Gasteiger partial charge is 0.307 e. The van der Waals surface area contributed by atoms with E-state index in [4.69, 9.17) is 4.79 Å². The highest BCUT2D eigenvalue weighted by molar-refractivity contribution is 7.97. The summed E-state index contributed by atoms with van der Waals surface area (Å²) in [6, 6.07) is 8.32. The van der Waals surface area contributed by atoms with Crippen LogP contribution < -0.4 is 4.72 Å². The van der Waals surface area contributed by atoms with Crippen LogP contribution in [0.5, 0.6) is 0 Å². The highest BCUT2D eigenvalue weighted by Gasteiger charge is 1.93. The van der Waals surface area contributed by atoms with Crippen LogP contribution in [0.3, 0.4) is 0 Å². The van der Waals surface area contributed by atoms with E-state index in [1.54, 1.807) is 11.9 Å². The average molecular weight is 183 g/mol. The maximum atomic E-state index is 8.00. The van der Waals surface area contributed by atoms with Crippen molar-refractivity contribution < 1.29 is 4.79 Å². The Kier molecular flexibility index (Phi) is 6.42. The quantitative estimate of drug-likeness (QED) is 0.711. The Labute approximate surface area is 77.5 Å². The molecule has 12 heavy (non-hydrogen) atoms. The zero-order valence-corrected chi connectivity index (χ0v) is 8.15. The second kappa shape index (κ2) is 6.88. The van der Waals surface area contributed by atoms with Gasteiger partial charge >= 0.3 is 0 Å². The number of nitrogens with one attached hydrogen (secondary N) is 1. The minimum absolute atomic E-state index is 1.30. The molecule has 0 atom stereocenters. The summed E-state index contributed by atoms with van der Waals surface area (Å²) in [5.41, 5.74) is 1.32. The number of carbonyl (C=O) groups excluding carboxylic acids is 1. The predicted octanol–water partition coefficient (Wildman–Crippen LogP) is 2.04. The van der Waals surface area contributed by atoms with Gasteiger partial charge in [0.05, 0.1) is 0 Å². The third-order valence-electron chi connectivity index (χ3n) is 1.31. The summed E-state index contributed by atoms with van der Waals surface area (Å²) in [7, 11) is 1.93. The van der Waals surface area contributed by atoms with Crippen molar-refractivity contribution in [3.8, 4) is 0 Å². The van der Waals surface area contributed by atoms with Crippen molar-refractivity contribution in [2.24, 2.45) is 0 Å². The van der Waals surface area contributed by atoms with Crippen molar-refractivity contribution in [3.05, 3.63) is 29.8 Å². The van der Waals surface area contributed by atoms with Crippen LogP contribution in [0.25, 0.3) is 0 Å². The molecule has 1 rings (SSSR count). The molecule has 0 radical (unpaired) electrons. The molecule has 1 N–H and O–H groups in total. The predicted molar refractivity (Wildman–Crippen MR) is 53.2 cm³/mol. The van der Waals surface area contributed by atoms with Crippen LogP contribution in [0.4, 0.5) is 0 Å². The molecule has 0 aliphatic heterocycles. The first kappa shape index (κ1) is 11.2.